The first-order chi connectivity index (χ1) is 28.6. The van der Waals surface area contributed by atoms with E-state index in [9.17, 15) is 39.2 Å². The van der Waals surface area contributed by atoms with Crippen LogP contribution in [-0.4, -0.2) is 114 Å². The maximum atomic E-state index is 12.9. The Kier molecular flexibility index (Phi) is 30.7. The van der Waals surface area contributed by atoms with Crippen LogP contribution in [0.25, 0.3) is 0 Å². The van der Waals surface area contributed by atoms with E-state index >= 15 is 0 Å². The fourth-order valence-corrected chi connectivity index (χ4v) is 7.47. The van der Waals surface area contributed by atoms with E-state index in [1.165, 1.54) is 0 Å². The van der Waals surface area contributed by atoms with E-state index in [2.05, 4.69) is 50.3 Å². The second kappa shape index (κ2) is 33.1. The molecule has 0 spiro atoms. The molecule has 7 atom stereocenters. The molecule has 0 heterocycles. The number of rotatable bonds is 36. The third-order valence-corrected chi connectivity index (χ3v) is 11.3. The molecule has 0 aliphatic heterocycles. The van der Waals surface area contributed by atoms with Gasteiger partial charge in [-0.15, -0.1) is 0 Å². The highest BCUT2D eigenvalue weighted by molar-refractivity contribution is 7.47. The molecule has 1 aliphatic rings. The lowest BCUT2D eigenvalue weighted by molar-refractivity contribution is -0.870. The highest BCUT2D eigenvalue weighted by atomic mass is 31.2. The lowest BCUT2D eigenvalue weighted by Crippen LogP contribution is -2.37. The van der Waals surface area contributed by atoms with Gasteiger partial charge in [-0.1, -0.05) is 101 Å². The van der Waals surface area contributed by atoms with Gasteiger partial charge in [0.1, 0.15) is 25.5 Å². The van der Waals surface area contributed by atoms with E-state index in [0.717, 1.165) is 70.6 Å². The Morgan fingerprint density at radius 3 is 2.10 bits per heavy atom. The van der Waals surface area contributed by atoms with Crippen LogP contribution in [0.4, 0.5) is 0 Å². The summed E-state index contributed by atoms with van der Waals surface area (Å²) >= 11 is 0. The summed E-state index contributed by atoms with van der Waals surface area (Å²) in [6, 6.07) is 0. The van der Waals surface area contributed by atoms with Gasteiger partial charge < -0.3 is 34.2 Å². The summed E-state index contributed by atoms with van der Waals surface area (Å²) in [6.45, 7) is 3.74. The van der Waals surface area contributed by atoms with Crippen molar-refractivity contribution in [1.82, 2.24) is 0 Å². The monoisotopic (exact) mass is 871 g/mol. The maximum Gasteiger partial charge on any atom is 0.472 e. The predicted octanol–water partition coefficient (Wildman–Crippen LogP) is 8.25. The normalized spacial score (nSPS) is 20.7. The number of hydrogen-bond donors (Lipinski definition) is 4. The molecule has 0 aromatic heterocycles. The van der Waals surface area contributed by atoms with E-state index in [-0.39, 0.29) is 51.1 Å². The third-order valence-electron chi connectivity index (χ3n) is 10.3. The van der Waals surface area contributed by atoms with Crippen molar-refractivity contribution in [3.05, 3.63) is 48.6 Å². The molecule has 1 saturated carbocycles. The molecule has 0 amide bonds. The van der Waals surface area contributed by atoms with Crippen molar-refractivity contribution >= 4 is 25.5 Å². The summed E-state index contributed by atoms with van der Waals surface area (Å²) in [6.07, 6.45) is 26.5. The van der Waals surface area contributed by atoms with Crippen molar-refractivity contribution in [3.8, 4) is 0 Å². The minimum absolute atomic E-state index is 0.00269. The van der Waals surface area contributed by atoms with Crippen molar-refractivity contribution < 1.29 is 62.2 Å². The van der Waals surface area contributed by atoms with Crippen molar-refractivity contribution in [2.24, 2.45) is 11.8 Å². The average molecular weight is 871 g/mol. The van der Waals surface area contributed by atoms with Gasteiger partial charge in [0.25, 0.3) is 0 Å². The van der Waals surface area contributed by atoms with Crippen molar-refractivity contribution in [2.75, 3.05) is 47.5 Å². The van der Waals surface area contributed by atoms with E-state index in [0.29, 0.717) is 36.7 Å². The molecule has 0 aromatic rings. The van der Waals surface area contributed by atoms with Gasteiger partial charge >= 0.3 is 19.8 Å². The highest BCUT2D eigenvalue weighted by Crippen LogP contribution is 2.43. The number of phosphoric acid groups is 1. The fraction of sp³-hybridized carbons (Fsp3) is 0.761. The van der Waals surface area contributed by atoms with Gasteiger partial charge in [0.2, 0.25) is 0 Å². The second-order valence-corrected chi connectivity index (χ2v) is 18.5. The van der Waals surface area contributed by atoms with Gasteiger partial charge in [-0.25, -0.2) is 4.57 Å². The molecular weight excluding hydrogens is 789 g/mol. The Morgan fingerprint density at radius 2 is 1.40 bits per heavy atom. The van der Waals surface area contributed by atoms with Gasteiger partial charge in [0, 0.05) is 43.9 Å². The quantitative estimate of drug-likeness (QED) is 0.0156. The number of likely N-dealkylation sites (N-methyl/N-ethyl adjacent to an activating group) is 1. The number of Topliss-reactive ketones (excluding diaryl/α,β-unsaturated/α-hetero) is 1. The predicted molar refractivity (Wildman–Crippen MR) is 236 cm³/mol. The molecule has 346 valence electrons. The molecule has 60 heavy (non-hydrogen) atoms. The number of ether oxygens (including phenoxy) is 2. The molecule has 0 radical (unpaired) electrons. The SMILES string of the molecule is CC/C=C\C/C=C\C/C=C\CCCCCCCC(=O)O[C@H](COC(=O)CCCCC(=O)C[C@@H]1[C@@H](/C=C/[C@@H](O)CCCCC)[C@H](O)C[C@@H]1O)COP(=O)(O)OCC[N+](C)(C)C. The number of nitrogens with zero attached hydrogens (tertiary/aromatic N) is 1. The molecule has 0 aromatic carbocycles. The Hall–Kier alpha value is -2.48. The smallest absolute Gasteiger partial charge is 0.462 e. The molecule has 1 rings (SSSR count). The number of allylic oxidation sites excluding steroid dienone is 6. The summed E-state index contributed by atoms with van der Waals surface area (Å²) < 4.78 is 34.1. The van der Waals surface area contributed by atoms with E-state index in [1.807, 2.05) is 21.1 Å². The summed E-state index contributed by atoms with van der Waals surface area (Å²) in [5, 5.41) is 31.3. The second-order valence-electron chi connectivity index (χ2n) is 17.0. The average Bonchev–Trinajstić information content (AvgIpc) is 3.44. The first-order valence-corrected chi connectivity index (χ1v) is 24.0. The number of hydrogen-bond acceptors (Lipinski definition) is 11. The Morgan fingerprint density at radius 1 is 0.767 bits per heavy atom. The standard InChI is InChI=1S/C46H80NO12P/c1-6-8-10-11-12-13-14-15-16-17-18-19-20-21-23-29-46(53)59-40(37-58-60(54,55)57-33-32-47(3,4)5)36-56-45(52)28-25-24-27-39(49)34-42-41(43(50)35-44(42)51)31-30-38(48)26-22-9-7-2/h8,10,12-13,15-16,30-31,38,40-44,48,50-51H,6-7,9,11,14,17-29,32-37H2,1-5H3/p+1/b10-8-,13-12-,16-15-,31-30+/t38-,40+,41+,42+,43+,44-/m0/s1. The number of carbonyl (C=O) groups excluding carboxylic acids is 3. The van der Waals surface area contributed by atoms with Crippen LogP contribution in [0, 0.1) is 11.8 Å². The molecule has 1 aliphatic carbocycles. The van der Waals surface area contributed by atoms with Crippen molar-refractivity contribution in [3.63, 3.8) is 0 Å². The van der Waals surface area contributed by atoms with Crippen LogP contribution < -0.4 is 0 Å². The first kappa shape index (κ1) is 55.5. The van der Waals surface area contributed by atoms with Gasteiger partial charge in [-0.2, -0.15) is 0 Å². The van der Waals surface area contributed by atoms with Gasteiger partial charge in [0.05, 0.1) is 46.1 Å². The third kappa shape index (κ3) is 29.7. The van der Waals surface area contributed by atoms with Gasteiger partial charge in [-0.3, -0.25) is 23.4 Å². The van der Waals surface area contributed by atoms with Gasteiger partial charge in [-0.05, 0) is 57.8 Å². The first-order valence-electron chi connectivity index (χ1n) is 22.5. The van der Waals surface area contributed by atoms with Crippen LogP contribution in [0.5, 0.6) is 0 Å². The molecule has 14 heteroatoms. The number of carbonyl (C=O) groups is 3. The minimum Gasteiger partial charge on any atom is -0.462 e. The van der Waals surface area contributed by atoms with Crippen LogP contribution in [0.2, 0.25) is 0 Å². The maximum absolute atomic E-state index is 12.9. The Balaban J connectivity index is 2.53. The van der Waals surface area contributed by atoms with E-state index in [1.54, 1.807) is 12.2 Å². The number of esters is 2. The largest absolute Gasteiger partial charge is 0.472 e. The topological polar surface area (TPSA) is 186 Å². The fourth-order valence-electron chi connectivity index (χ4n) is 6.73. The number of unbranched alkanes of at least 4 members (excludes halogenated alkanes) is 8. The number of phosphoric ester groups is 1. The van der Waals surface area contributed by atoms with Crippen LogP contribution in [0.15, 0.2) is 48.6 Å². The van der Waals surface area contributed by atoms with Crippen molar-refractivity contribution in [1.29, 1.82) is 0 Å². The zero-order valence-corrected chi connectivity index (χ0v) is 38.4. The summed E-state index contributed by atoms with van der Waals surface area (Å²) in [5.74, 6) is -2.09. The summed E-state index contributed by atoms with van der Waals surface area (Å²) in [7, 11) is 1.25. The molecule has 4 N–H and O–H groups in total. The van der Waals surface area contributed by atoms with Crippen LogP contribution >= 0.6 is 7.82 Å². The lowest BCUT2D eigenvalue weighted by atomic mass is 9.87. The molecule has 13 nitrogen and oxygen atoms in total. The zero-order chi connectivity index (χ0) is 44.7. The zero-order valence-electron chi connectivity index (χ0n) is 37.5. The summed E-state index contributed by atoms with van der Waals surface area (Å²) in [5.41, 5.74) is 0. The van der Waals surface area contributed by atoms with Crippen LogP contribution in [0.3, 0.4) is 0 Å². The highest BCUT2D eigenvalue weighted by Gasteiger charge is 2.41. The van der Waals surface area contributed by atoms with Crippen LogP contribution in [-0.2, 0) is 37.5 Å². The van der Waals surface area contributed by atoms with Crippen LogP contribution in [0.1, 0.15) is 142 Å². The molecular formula is C46H81NO12P+. The molecule has 1 unspecified atom stereocenters. The van der Waals surface area contributed by atoms with Crippen molar-refractivity contribution in [2.45, 2.75) is 167 Å². The summed E-state index contributed by atoms with van der Waals surface area (Å²) in [4.78, 5) is 48.4. The van der Waals surface area contributed by atoms with Gasteiger partial charge in [0.15, 0.2) is 6.10 Å². The lowest BCUT2D eigenvalue weighted by Gasteiger charge is -2.24. The number of ketones is 1. The Bertz CT molecular complexity index is 1340. The van der Waals surface area contributed by atoms with E-state index in [4.69, 9.17) is 18.5 Å². The Labute approximate surface area is 361 Å². The molecule has 0 saturated heterocycles. The molecule has 1 fully saturated rings. The molecule has 0 bridgehead atoms. The number of aliphatic hydroxyl groups is 3. The number of aliphatic hydroxyl groups excluding tert-OH is 3. The number of quaternary nitrogens is 1. The minimum atomic E-state index is -4.47. The van der Waals surface area contributed by atoms with E-state index < -0.39 is 62.6 Å².